The molecular weight excluding hydrogens is 248 g/mol. The molecule has 0 aliphatic rings. The summed E-state index contributed by atoms with van der Waals surface area (Å²) in [6, 6.07) is 0. The van der Waals surface area contributed by atoms with Crippen molar-refractivity contribution in [2.75, 3.05) is 32.7 Å². The highest BCUT2D eigenvalue weighted by molar-refractivity contribution is 5.75. The van der Waals surface area contributed by atoms with Gasteiger partial charge in [0.2, 0.25) is 5.91 Å². The van der Waals surface area contributed by atoms with E-state index in [4.69, 9.17) is 0 Å². The van der Waals surface area contributed by atoms with Crippen molar-refractivity contribution in [3.63, 3.8) is 0 Å². The van der Waals surface area contributed by atoms with Crippen molar-refractivity contribution in [1.82, 2.24) is 5.32 Å². The van der Waals surface area contributed by atoms with Crippen molar-refractivity contribution in [2.45, 2.75) is 59.3 Å². The molecular formula is C17H35N2O+. The SMILES string of the molecule is C=CCCCCCCC(=O)NCC[N+](CC)(CC)CC. The Kier molecular flexibility index (Phi) is 11.5. The van der Waals surface area contributed by atoms with E-state index in [-0.39, 0.29) is 5.91 Å². The van der Waals surface area contributed by atoms with Crippen LogP contribution in [-0.4, -0.2) is 43.1 Å². The van der Waals surface area contributed by atoms with Gasteiger partial charge in [0.05, 0.1) is 32.7 Å². The molecule has 118 valence electrons. The lowest BCUT2D eigenvalue weighted by Gasteiger charge is -2.35. The molecule has 0 atom stereocenters. The molecule has 0 aliphatic heterocycles. The van der Waals surface area contributed by atoms with E-state index in [1.165, 1.54) is 12.8 Å². The summed E-state index contributed by atoms with van der Waals surface area (Å²) in [6.45, 7) is 15.7. The Labute approximate surface area is 126 Å². The van der Waals surface area contributed by atoms with E-state index in [9.17, 15) is 4.79 Å². The Balaban J connectivity index is 3.65. The lowest BCUT2D eigenvalue weighted by Crippen LogP contribution is -2.51. The Bertz CT molecular complexity index is 251. The molecule has 0 aromatic heterocycles. The number of rotatable bonds is 13. The highest BCUT2D eigenvalue weighted by atomic mass is 16.1. The number of likely N-dealkylation sites (N-methyl/N-ethyl adjacent to an activating group) is 1. The zero-order chi connectivity index (χ0) is 15.3. The van der Waals surface area contributed by atoms with E-state index in [0.29, 0.717) is 6.42 Å². The van der Waals surface area contributed by atoms with E-state index in [1.54, 1.807) is 0 Å². The van der Waals surface area contributed by atoms with Gasteiger partial charge in [-0.3, -0.25) is 4.79 Å². The number of quaternary nitrogens is 1. The zero-order valence-corrected chi connectivity index (χ0v) is 13.9. The first kappa shape index (κ1) is 19.2. The van der Waals surface area contributed by atoms with E-state index in [0.717, 1.165) is 56.5 Å². The van der Waals surface area contributed by atoms with Gasteiger partial charge in [-0.1, -0.05) is 18.9 Å². The van der Waals surface area contributed by atoms with Crippen LogP contribution in [0.4, 0.5) is 0 Å². The topological polar surface area (TPSA) is 29.1 Å². The fourth-order valence-corrected chi connectivity index (χ4v) is 2.59. The third kappa shape index (κ3) is 8.36. The van der Waals surface area contributed by atoms with Gasteiger partial charge in [-0.05, 0) is 40.0 Å². The van der Waals surface area contributed by atoms with Gasteiger partial charge < -0.3 is 9.80 Å². The Hall–Kier alpha value is -0.830. The van der Waals surface area contributed by atoms with Gasteiger partial charge in [0.15, 0.2) is 0 Å². The third-order valence-electron chi connectivity index (χ3n) is 4.48. The standard InChI is InChI=1S/C17H34N2O/c1-5-9-10-11-12-13-14-17(20)18-15-16-19(6-2,7-3)8-4/h5H,1,6-16H2,2-4H3/p+1. The minimum absolute atomic E-state index is 0.218. The van der Waals surface area contributed by atoms with Crippen LogP contribution < -0.4 is 5.32 Å². The van der Waals surface area contributed by atoms with Gasteiger partial charge in [-0.25, -0.2) is 0 Å². The molecule has 1 N–H and O–H groups in total. The molecule has 20 heavy (non-hydrogen) atoms. The summed E-state index contributed by atoms with van der Waals surface area (Å²) < 4.78 is 1.10. The lowest BCUT2D eigenvalue weighted by atomic mass is 10.1. The van der Waals surface area contributed by atoms with E-state index >= 15 is 0 Å². The second kappa shape index (κ2) is 12.0. The number of amides is 1. The van der Waals surface area contributed by atoms with Crippen LogP contribution in [0, 0.1) is 0 Å². The zero-order valence-electron chi connectivity index (χ0n) is 13.9. The highest BCUT2D eigenvalue weighted by Crippen LogP contribution is 2.06. The summed E-state index contributed by atoms with van der Waals surface area (Å²) in [5, 5.41) is 3.07. The van der Waals surface area contributed by atoms with E-state index < -0.39 is 0 Å². The van der Waals surface area contributed by atoms with Crippen molar-refractivity contribution in [3.05, 3.63) is 12.7 Å². The molecule has 0 heterocycles. The minimum Gasteiger partial charge on any atom is -0.350 e. The number of unbranched alkanes of at least 4 members (excludes halogenated alkanes) is 4. The quantitative estimate of drug-likeness (QED) is 0.313. The average Bonchev–Trinajstić information content (AvgIpc) is 2.48. The van der Waals surface area contributed by atoms with Gasteiger partial charge in [0.1, 0.15) is 0 Å². The number of nitrogens with zero attached hydrogens (tertiary/aromatic N) is 1. The molecule has 0 rings (SSSR count). The molecule has 3 nitrogen and oxygen atoms in total. The summed E-state index contributed by atoms with van der Waals surface area (Å²) in [6.07, 6.45) is 8.32. The van der Waals surface area contributed by atoms with Gasteiger partial charge in [-0.15, -0.1) is 6.58 Å². The summed E-state index contributed by atoms with van der Waals surface area (Å²) in [7, 11) is 0. The highest BCUT2D eigenvalue weighted by Gasteiger charge is 2.19. The molecule has 0 aromatic carbocycles. The molecule has 3 heteroatoms. The van der Waals surface area contributed by atoms with E-state index in [1.807, 2.05) is 6.08 Å². The summed E-state index contributed by atoms with van der Waals surface area (Å²) >= 11 is 0. The molecule has 0 bridgehead atoms. The lowest BCUT2D eigenvalue weighted by molar-refractivity contribution is -0.922. The first-order valence-electron chi connectivity index (χ1n) is 8.36. The molecule has 0 unspecified atom stereocenters. The maximum absolute atomic E-state index is 11.7. The third-order valence-corrected chi connectivity index (χ3v) is 4.48. The van der Waals surface area contributed by atoms with Crippen molar-refractivity contribution in [3.8, 4) is 0 Å². The van der Waals surface area contributed by atoms with Crippen LogP contribution in [0.25, 0.3) is 0 Å². The van der Waals surface area contributed by atoms with Gasteiger partial charge >= 0.3 is 0 Å². The van der Waals surface area contributed by atoms with Gasteiger partial charge in [-0.2, -0.15) is 0 Å². The number of hydrogen-bond donors (Lipinski definition) is 1. The summed E-state index contributed by atoms with van der Waals surface area (Å²) in [4.78, 5) is 11.7. The summed E-state index contributed by atoms with van der Waals surface area (Å²) in [5.74, 6) is 0.218. The largest absolute Gasteiger partial charge is 0.350 e. The van der Waals surface area contributed by atoms with Gasteiger partial charge in [0, 0.05) is 6.42 Å². The first-order chi connectivity index (χ1) is 9.64. The predicted octanol–water partition coefficient (Wildman–Crippen LogP) is 3.51. The molecule has 0 aromatic rings. The molecule has 0 fully saturated rings. The van der Waals surface area contributed by atoms with Crippen LogP contribution in [0.2, 0.25) is 0 Å². The Morgan fingerprint density at radius 2 is 1.65 bits per heavy atom. The van der Waals surface area contributed by atoms with Crippen molar-refractivity contribution in [1.29, 1.82) is 0 Å². The fourth-order valence-electron chi connectivity index (χ4n) is 2.59. The normalized spacial score (nSPS) is 11.3. The molecule has 0 saturated carbocycles. The van der Waals surface area contributed by atoms with Crippen molar-refractivity contribution in [2.24, 2.45) is 0 Å². The second-order valence-electron chi connectivity index (χ2n) is 5.61. The molecule has 0 spiro atoms. The predicted molar refractivity (Wildman–Crippen MR) is 87.7 cm³/mol. The maximum Gasteiger partial charge on any atom is 0.220 e. The van der Waals surface area contributed by atoms with Crippen molar-refractivity contribution < 1.29 is 9.28 Å². The van der Waals surface area contributed by atoms with E-state index in [2.05, 4.69) is 32.7 Å². The number of carbonyl (C=O) groups is 1. The fraction of sp³-hybridized carbons (Fsp3) is 0.824. The van der Waals surface area contributed by atoms with Crippen molar-refractivity contribution >= 4 is 5.91 Å². The minimum atomic E-state index is 0.218. The Morgan fingerprint density at radius 1 is 1.05 bits per heavy atom. The second-order valence-corrected chi connectivity index (χ2v) is 5.61. The number of nitrogens with one attached hydrogen (secondary N) is 1. The maximum atomic E-state index is 11.7. The number of hydrogen-bond acceptors (Lipinski definition) is 1. The monoisotopic (exact) mass is 283 g/mol. The van der Waals surface area contributed by atoms with Crippen LogP contribution in [-0.2, 0) is 4.79 Å². The van der Waals surface area contributed by atoms with Gasteiger partial charge in [0.25, 0.3) is 0 Å². The molecule has 0 aliphatic carbocycles. The Morgan fingerprint density at radius 3 is 2.20 bits per heavy atom. The molecule has 1 amide bonds. The summed E-state index contributed by atoms with van der Waals surface area (Å²) in [5.41, 5.74) is 0. The van der Waals surface area contributed by atoms with Crippen LogP contribution in [0.3, 0.4) is 0 Å². The number of carbonyl (C=O) groups excluding carboxylic acids is 1. The molecule has 0 radical (unpaired) electrons. The first-order valence-corrected chi connectivity index (χ1v) is 8.36. The molecule has 0 saturated heterocycles. The average molecular weight is 283 g/mol. The van der Waals surface area contributed by atoms with Crippen LogP contribution in [0.5, 0.6) is 0 Å². The van der Waals surface area contributed by atoms with Crippen LogP contribution in [0.15, 0.2) is 12.7 Å². The van der Waals surface area contributed by atoms with Crippen LogP contribution >= 0.6 is 0 Å². The smallest absolute Gasteiger partial charge is 0.220 e. The van der Waals surface area contributed by atoms with Crippen LogP contribution in [0.1, 0.15) is 59.3 Å². The number of allylic oxidation sites excluding steroid dienone is 1.